The number of Topliss-reactive ketones (excluding diaryl/α,β-unsaturated/α-hetero) is 1. The third kappa shape index (κ3) is 3.71. The van der Waals surface area contributed by atoms with E-state index in [-0.39, 0.29) is 17.1 Å². The van der Waals surface area contributed by atoms with Crippen LogP contribution < -0.4 is 10.4 Å². The van der Waals surface area contributed by atoms with E-state index in [2.05, 4.69) is 88.4 Å². The molecule has 2 aliphatic rings. The van der Waals surface area contributed by atoms with E-state index in [1.807, 2.05) is 0 Å². The molecule has 2 aliphatic carbocycles. The highest BCUT2D eigenvalue weighted by Gasteiger charge is 2.54. The molecule has 0 heterocycles. The number of hydrogen-bond donors (Lipinski definition) is 0. The van der Waals surface area contributed by atoms with Gasteiger partial charge in [-0.2, -0.15) is 0 Å². The van der Waals surface area contributed by atoms with Crippen molar-refractivity contribution in [2.24, 2.45) is 17.8 Å². The largest absolute Gasteiger partial charge is 0.404 e. The van der Waals surface area contributed by atoms with Gasteiger partial charge in [0.15, 0.2) is 0 Å². The summed E-state index contributed by atoms with van der Waals surface area (Å²) in [6.07, 6.45) is 5.05. The molecule has 0 spiro atoms. The van der Waals surface area contributed by atoms with Crippen LogP contribution in [0.4, 0.5) is 0 Å². The second-order valence-corrected chi connectivity index (χ2v) is 14.7. The Balaban J connectivity index is 1.85. The molecule has 4 atom stereocenters. The maximum absolute atomic E-state index is 12.8. The fraction of sp³-hybridized carbons (Fsp3) is 0.519. The van der Waals surface area contributed by atoms with Gasteiger partial charge in [0, 0.05) is 18.4 Å². The van der Waals surface area contributed by atoms with Crippen molar-refractivity contribution in [1.82, 2.24) is 0 Å². The van der Waals surface area contributed by atoms with E-state index in [9.17, 15) is 4.79 Å². The van der Waals surface area contributed by atoms with Gasteiger partial charge in [-0.05, 0) is 52.9 Å². The molecule has 2 aromatic carbocycles. The monoisotopic (exact) mass is 420 g/mol. The highest BCUT2D eigenvalue weighted by atomic mass is 28.4. The van der Waals surface area contributed by atoms with Crippen molar-refractivity contribution in [1.29, 1.82) is 0 Å². The topological polar surface area (TPSA) is 26.3 Å². The predicted molar refractivity (Wildman–Crippen MR) is 127 cm³/mol. The fourth-order valence-electron chi connectivity index (χ4n) is 6.14. The number of hydrogen-bond acceptors (Lipinski definition) is 2. The van der Waals surface area contributed by atoms with Crippen LogP contribution in [0.2, 0.25) is 5.04 Å². The van der Waals surface area contributed by atoms with Gasteiger partial charge in [0.05, 0.1) is 0 Å². The van der Waals surface area contributed by atoms with Crippen LogP contribution in [0.15, 0.2) is 60.7 Å². The molecule has 0 radical (unpaired) electrons. The Hall–Kier alpha value is -1.71. The molecule has 0 saturated heterocycles. The molecular formula is C27H36O2Si. The van der Waals surface area contributed by atoms with Crippen LogP contribution in [0, 0.1) is 17.8 Å². The van der Waals surface area contributed by atoms with E-state index >= 15 is 0 Å². The maximum Gasteiger partial charge on any atom is 0.261 e. The van der Waals surface area contributed by atoms with E-state index < -0.39 is 8.32 Å². The Morgan fingerprint density at radius 2 is 1.43 bits per heavy atom. The number of ketones is 1. The van der Waals surface area contributed by atoms with Crippen molar-refractivity contribution in [2.45, 2.75) is 70.9 Å². The molecule has 0 aromatic heterocycles. The first-order valence-corrected chi connectivity index (χ1v) is 13.6. The summed E-state index contributed by atoms with van der Waals surface area (Å²) in [5, 5.41) is 2.64. The number of fused-ring (bicyclic) bond motifs is 1. The Labute approximate surface area is 183 Å². The first kappa shape index (κ1) is 21.5. The van der Waals surface area contributed by atoms with Gasteiger partial charge in [0.25, 0.3) is 8.32 Å². The zero-order chi connectivity index (χ0) is 21.4. The molecule has 2 saturated carbocycles. The smallest absolute Gasteiger partial charge is 0.261 e. The molecule has 0 bridgehead atoms. The van der Waals surface area contributed by atoms with Gasteiger partial charge in [0.1, 0.15) is 5.78 Å². The Kier molecular flexibility index (Phi) is 6.05. The van der Waals surface area contributed by atoms with Crippen molar-refractivity contribution in [3.05, 3.63) is 60.7 Å². The average Bonchev–Trinajstić information content (AvgIpc) is 3.04. The quantitative estimate of drug-likeness (QED) is 0.624. The van der Waals surface area contributed by atoms with Crippen molar-refractivity contribution < 1.29 is 9.22 Å². The van der Waals surface area contributed by atoms with E-state index in [1.54, 1.807) is 0 Å². The van der Waals surface area contributed by atoms with Crippen molar-refractivity contribution in [3.8, 4) is 0 Å². The van der Waals surface area contributed by atoms with Crippen LogP contribution in [0.25, 0.3) is 0 Å². The standard InChI is InChI=1S/C27H36O2Si/c1-20-18-19-23-24(28)16-11-17-25(26(20)23)29-30(27(2,3)4,21-12-7-5-8-13-21)22-14-9-6-10-15-22/h5-10,12-15,20,23,25-26H,11,16-19H2,1-4H3/t20-,23-,25-,26-/m1/s1. The zero-order valence-electron chi connectivity index (χ0n) is 18.9. The van der Waals surface area contributed by atoms with Crippen LogP contribution in [0.1, 0.15) is 59.8 Å². The summed E-state index contributed by atoms with van der Waals surface area (Å²) in [5.41, 5.74) is 0. The predicted octanol–water partition coefficient (Wildman–Crippen LogP) is 5.35. The third-order valence-electron chi connectivity index (χ3n) is 7.55. The van der Waals surface area contributed by atoms with Crippen LogP contribution in [-0.4, -0.2) is 20.2 Å². The van der Waals surface area contributed by atoms with Gasteiger partial charge in [-0.3, -0.25) is 4.79 Å². The minimum atomic E-state index is -2.58. The first-order valence-electron chi connectivity index (χ1n) is 11.7. The molecule has 0 amide bonds. The van der Waals surface area contributed by atoms with Crippen molar-refractivity contribution in [3.63, 3.8) is 0 Å². The number of rotatable bonds is 4. The van der Waals surface area contributed by atoms with Gasteiger partial charge in [-0.15, -0.1) is 0 Å². The highest BCUT2D eigenvalue weighted by Crippen LogP contribution is 2.47. The van der Waals surface area contributed by atoms with Gasteiger partial charge in [0.2, 0.25) is 0 Å². The Morgan fingerprint density at radius 1 is 0.867 bits per heavy atom. The van der Waals surface area contributed by atoms with Gasteiger partial charge >= 0.3 is 0 Å². The molecule has 2 aromatic rings. The molecule has 3 heteroatoms. The van der Waals surface area contributed by atoms with E-state index in [0.717, 1.165) is 32.1 Å². The van der Waals surface area contributed by atoms with Crippen LogP contribution in [0.5, 0.6) is 0 Å². The molecule has 2 fully saturated rings. The minimum absolute atomic E-state index is 0.0244. The minimum Gasteiger partial charge on any atom is -0.404 e. The van der Waals surface area contributed by atoms with Crippen LogP contribution in [-0.2, 0) is 9.22 Å². The van der Waals surface area contributed by atoms with Crippen LogP contribution >= 0.6 is 0 Å². The second kappa shape index (κ2) is 8.43. The molecule has 0 aliphatic heterocycles. The average molecular weight is 421 g/mol. The summed E-state index contributed by atoms with van der Waals surface area (Å²) >= 11 is 0. The highest BCUT2D eigenvalue weighted by molar-refractivity contribution is 6.99. The molecule has 4 rings (SSSR count). The number of benzene rings is 2. The van der Waals surface area contributed by atoms with Crippen molar-refractivity contribution >= 4 is 24.5 Å². The Bertz CT molecular complexity index is 816. The third-order valence-corrected chi connectivity index (χ3v) is 12.6. The summed E-state index contributed by atoms with van der Waals surface area (Å²) in [4.78, 5) is 12.8. The summed E-state index contributed by atoms with van der Waals surface area (Å²) in [7, 11) is -2.58. The van der Waals surface area contributed by atoms with Gasteiger partial charge in [-0.1, -0.05) is 88.4 Å². The molecule has 0 N–H and O–H groups in total. The summed E-state index contributed by atoms with van der Waals surface area (Å²) in [6.45, 7) is 9.37. The lowest BCUT2D eigenvalue weighted by molar-refractivity contribution is -0.124. The molecular weight excluding hydrogens is 384 g/mol. The lowest BCUT2D eigenvalue weighted by atomic mass is 9.84. The number of carbonyl (C=O) groups excluding carboxylic acids is 1. The second-order valence-electron chi connectivity index (χ2n) is 10.4. The Morgan fingerprint density at radius 3 is 1.97 bits per heavy atom. The maximum atomic E-state index is 12.8. The summed E-state index contributed by atoms with van der Waals surface area (Å²) in [5.74, 6) is 1.60. The van der Waals surface area contributed by atoms with E-state index in [0.29, 0.717) is 17.6 Å². The zero-order valence-corrected chi connectivity index (χ0v) is 19.9. The van der Waals surface area contributed by atoms with E-state index in [1.165, 1.54) is 10.4 Å². The molecule has 30 heavy (non-hydrogen) atoms. The number of carbonyl (C=O) groups is 1. The fourth-order valence-corrected chi connectivity index (χ4v) is 10.9. The summed E-state index contributed by atoms with van der Waals surface area (Å²) < 4.78 is 7.51. The van der Waals surface area contributed by atoms with Crippen molar-refractivity contribution in [2.75, 3.05) is 0 Å². The lowest BCUT2D eigenvalue weighted by Crippen LogP contribution is -2.68. The SMILES string of the molecule is C[C@@H]1CC[C@@H]2C(=O)CCC[C@@H](O[Si](c3ccccc3)(c3ccccc3)C(C)(C)C)[C@H]12. The molecule has 160 valence electrons. The van der Waals surface area contributed by atoms with Gasteiger partial charge in [-0.25, -0.2) is 0 Å². The van der Waals surface area contributed by atoms with Gasteiger partial charge < -0.3 is 4.43 Å². The first-order chi connectivity index (χ1) is 14.3. The van der Waals surface area contributed by atoms with Crippen LogP contribution in [0.3, 0.4) is 0 Å². The molecule has 0 unspecified atom stereocenters. The summed E-state index contributed by atoms with van der Waals surface area (Å²) in [6, 6.07) is 21.8. The molecule has 2 nitrogen and oxygen atoms in total. The normalized spacial score (nSPS) is 27.5. The van der Waals surface area contributed by atoms with E-state index in [4.69, 9.17) is 4.43 Å². The lowest BCUT2D eigenvalue weighted by Gasteiger charge is -2.47.